The minimum Gasteiger partial charge on any atom is -0.450 e. The smallest absolute Gasteiger partial charge is 0.359 e. The van der Waals surface area contributed by atoms with Crippen molar-refractivity contribution in [3.8, 4) is 11.5 Å². The first-order valence-electron chi connectivity index (χ1n) is 7.36. The van der Waals surface area contributed by atoms with Crippen LogP contribution in [0.1, 0.15) is 20.3 Å². The summed E-state index contributed by atoms with van der Waals surface area (Å²) < 4.78 is 23.0. The van der Waals surface area contributed by atoms with Gasteiger partial charge in [-0.05, 0) is 37.6 Å². The van der Waals surface area contributed by atoms with Gasteiger partial charge in [-0.25, -0.2) is 0 Å². The second-order valence-corrected chi connectivity index (χ2v) is 6.94. The van der Waals surface area contributed by atoms with Crippen molar-refractivity contribution >= 4 is 18.6 Å². The highest BCUT2D eigenvalue weighted by Gasteiger charge is 2.26. The second kappa shape index (κ2) is 7.57. The molecule has 0 bridgehead atoms. The molecule has 128 valence electrons. The Kier molecular flexibility index (Phi) is 5.72. The zero-order valence-corrected chi connectivity index (χ0v) is 14.2. The molecule has 8 heteroatoms. The maximum Gasteiger partial charge on any atom is 0.359 e. The van der Waals surface area contributed by atoms with Gasteiger partial charge in [-0.15, -0.1) is 0 Å². The molecule has 0 radical (unpaired) electrons. The molecule has 7 nitrogen and oxygen atoms in total. The van der Waals surface area contributed by atoms with Crippen molar-refractivity contribution in [2.24, 2.45) is 0 Å². The van der Waals surface area contributed by atoms with Crippen LogP contribution in [0.4, 0.5) is 5.69 Å². The van der Waals surface area contributed by atoms with Gasteiger partial charge >= 0.3 is 13.3 Å². The fourth-order valence-electron chi connectivity index (χ4n) is 1.92. The van der Waals surface area contributed by atoms with Gasteiger partial charge in [0.05, 0.1) is 16.3 Å². The lowest BCUT2D eigenvalue weighted by atomic mass is 10.3. The first-order chi connectivity index (χ1) is 11.3. The molecular formula is C16H18NO6P. The average molecular weight is 351 g/mol. The molecule has 0 aromatic heterocycles. The summed E-state index contributed by atoms with van der Waals surface area (Å²) in [5, 5.41) is 11.1. The van der Waals surface area contributed by atoms with E-state index in [9.17, 15) is 19.6 Å². The number of nitrogens with zero attached hydrogens (tertiary/aromatic N) is 1. The van der Waals surface area contributed by atoms with Crippen molar-refractivity contribution in [2.75, 3.05) is 0 Å². The maximum absolute atomic E-state index is 12.3. The second-order valence-electron chi connectivity index (χ2n) is 5.17. The molecule has 2 aromatic carbocycles. The third-order valence-electron chi connectivity index (χ3n) is 3.33. The zero-order valence-electron chi connectivity index (χ0n) is 13.3. The minimum absolute atomic E-state index is 0.0512. The van der Waals surface area contributed by atoms with Crippen molar-refractivity contribution < 1.29 is 23.6 Å². The summed E-state index contributed by atoms with van der Waals surface area (Å²) in [5.74, 6) is 0.263. The van der Waals surface area contributed by atoms with Crippen molar-refractivity contribution in [1.82, 2.24) is 0 Å². The number of ether oxygens (including phenoxy) is 1. The van der Waals surface area contributed by atoms with Crippen molar-refractivity contribution in [2.45, 2.75) is 26.4 Å². The number of nitro groups is 1. The molecule has 24 heavy (non-hydrogen) atoms. The van der Waals surface area contributed by atoms with Crippen LogP contribution in [-0.4, -0.2) is 15.9 Å². The third-order valence-corrected chi connectivity index (χ3v) is 4.91. The molecule has 0 aliphatic carbocycles. The van der Waals surface area contributed by atoms with Gasteiger partial charge in [-0.2, -0.15) is 0 Å². The molecule has 0 aliphatic rings. The van der Waals surface area contributed by atoms with E-state index in [0.717, 1.165) is 0 Å². The Balaban J connectivity index is 2.29. The standard InChI is InChI=1S/C16H18NO6P/c1-3-12(2)23-24(20,21)14-8-6-7-13(11-14)22-16-10-5-4-9-15(16)17(18)19/h4-12H,3H2,1-2H3,(H,20,21). The van der Waals surface area contributed by atoms with Gasteiger partial charge in [-0.3, -0.25) is 14.7 Å². The highest BCUT2D eigenvalue weighted by Crippen LogP contribution is 2.43. The molecule has 0 heterocycles. The van der Waals surface area contributed by atoms with E-state index in [4.69, 9.17) is 9.26 Å². The third kappa shape index (κ3) is 4.41. The Morgan fingerprint density at radius 2 is 1.96 bits per heavy atom. The summed E-state index contributed by atoms with van der Waals surface area (Å²) in [6.07, 6.45) is 0.220. The largest absolute Gasteiger partial charge is 0.450 e. The van der Waals surface area contributed by atoms with Gasteiger partial charge in [0.1, 0.15) is 5.75 Å². The summed E-state index contributed by atoms with van der Waals surface area (Å²) in [6.45, 7) is 3.55. The number of hydrogen-bond acceptors (Lipinski definition) is 5. The predicted octanol–water partition coefficient (Wildman–Crippen LogP) is 4.01. The van der Waals surface area contributed by atoms with Crippen LogP contribution < -0.4 is 10.0 Å². The van der Waals surface area contributed by atoms with Crippen LogP contribution in [0.15, 0.2) is 48.5 Å². The van der Waals surface area contributed by atoms with Crippen LogP contribution in [0.25, 0.3) is 0 Å². The van der Waals surface area contributed by atoms with Gasteiger partial charge < -0.3 is 14.2 Å². The lowest BCUT2D eigenvalue weighted by Gasteiger charge is -2.17. The van der Waals surface area contributed by atoms with Crippen LogP contribution in [0.5, 0.6) is 11.5 Å². The van der Waals surface area contributed by atoms with E-state index in [1.165, 1.54) is 36.4 Å². The molecule has 2 aromatic rings. The lowest BCUT2D eigenvalue weighted by molar-refractivity contribution is -0.385. The van der Waals surface area contributed by atoms with Crippen molar-refractivity contribution in [1.29, 1.82) is 0 Å². The maximum atomic E-state index is 12.3. The molecule has 2 rings (SSSR count). The highest BCUT2D eigenvalue weighted by molar-refractivity contribution is 7.61. The van der Waals surface area contributed by atoms with Gasteiger partial charge in [0.15, 0.2) is 0 Å². The van der Waals surface area contributed by atoms with Crippen molar-refractivity contribution in [3.05, 3.63) is 58.6 Å². The van der Waals surface area contributed by atoms with Gasteiger partial charge in [0.25, 0.3) is 0 Å². The van der Waals surface area contributed by atoms with E-state index in [0.29, 0.717) is 6.42 Å². The van der Waals surface area contributed by atoms with Gasteiger partial charge in [-0.1, -0.05) is 25.1 Å². The number of para-hydroxylation sites is 2. The predicted molar refractivity (Wildman–Crippen MR) is 89.9 cm³/mol. The molecule has 2 unspecified atom stereocenters. The van der Waals surface area contributed by atoms with Crippen LogP contribution in [0.2, 0.25) is 0 Å². The topological polar surface area (TPSA) is 98.9 Å². The summed E-state index contributed by atoms with van der Waals surface area (Å²) >= 11 is 0. The monoisotopic (exact) mass is 351 g/mol. The summed E-state index contributed by atoms with van der Waals surface area (Å²) in [6, 6.07) is 11.8. The Morgan fingerprint density at radius 1 is 1.25 bits per heavy atom. The van der Waals surface area contributed by atoms with Crippen molar-refractivity contribution in [3.63, 3.8) is 0 Å². The van der Waals surface area contributed by atoms with E-state index in [-0.39, 0.29) is 28.6 Å². The van der Waals surface area contributed by atoms with E-state index in [1.54, 1.807) is 19.1 Å². The van der Waals surface area contributed by atoms with Gasteiger partial charge in [0, 0.05) is 6.07 Å². The SMILES string of the molecule is CCC(C)OP(=O)(O)c1cccc(Oc2ccccc2[N+](=O)[O-])c1. The molecule has 0 amide bonds. The highest BCUT2D eigenvalue weighted by atomic mass is 31.2. The molecule has 0 spiro atoms. The molecule has 0 aliphatic heterocycles. The van der Waals surface area contributed by atoms with Gasteiger partial charge in [0.2, 0.25) is 5.75 Å². The molecule has 1 N–H and O–H groups in total. The lowest BCUT2D eigenvalue weighted by Crippen LogP contribution is -2.12. The Morgan fingerprint density at radius 3 is 2.62 bits per heavy atom. The number of hydrogen-bond donors (Lipinski definition) is 1. The molecule has 0 saturated heterocycles. The minimum atomic E-state index is -3.99. The normalized spacial score (nSPS) is 14.6. The van der Waals surface area contributed by atoms with E-state index in [1.807, 2.05) is 6.92 Å². The summed E-state index contributed by atoms with van der Waals surface area (Å²) in [5.41, 5.74) is -0.189. The summed E-state index contributed by atoms with van der Waals surface area (Å²) in [4.78, 5) is 20.6. The molecular weight excluding hydrogens is 333 g/mol. The first-order valence-corrected chi connectivity index (χ1v) is 8.94. The van der Waals surface area contributed by atoms with Crippen LogP contribution >= 0.6 is 7.60 Å². The fraction of sp³-hybridized carbons (Fsp3) is 0.250. The Bertz CT molecular complexity index is 779. The van der Waals surface area contributed by atoms with Crippen LogP contribution in [0, 0.1) is 10.1 Å². The quantitative estimate of drug-likeness (QED) is 0.460. The van der Waals surface area contributed by atoms with E-state index in [2.05, 4.69) is 0 Å². The Hall–Kier alpha value is -2.21. The van der Waals surface area contributed by atoms with E-state index < -0.39 is 12.5 Å². The first kappa shape index (κ1) is 18.1. The average Bonchev–Trinajstić information content (AvgIpc) is 2.55. The van der Waals surface area contributed by atoms with E-state index >= 15 is 0 Å². The zero-order chi connectivity index (χ0) is 17.7. The number of nitro benzene ring substituents is 1. The number of benzene rings is 2. The molecule has 2 atom stereocenters. The number of rotatable bonds is 7. The summed E-state index contributed by atoms with van der Waals surface area (Å²) in [7, 11) is -3.99. The fourth-order valence-corrected chi connectivity index (χ4v) is 3.25. The molecule has 0 saturated carbocycles. The Labute approximate surface area is 139 Å². The van der Waals surface area contributed by atoms with Crippen LogP contribution in [0.3, 0.4) is 0 Å². The molecule has 0 fully saturated rings. The van der Waals surface area contributed by atoms with Crippen LogP contribution in [-0.2, 0) is 9.09 Å².